The quantitative estimate of drug-likeness (QED) is 0.780. The minimum Gasteiger partial charge on any atom is -0.424 e. The maximum Gasteiger partial charge on any atom is 0.279 e. The van der Waals surface area contributed by atoms with Crippen LogP contribution in [-0.4, -0.2) is 0 Å². The van der Waals surface area contributed by atoms with Crippen LogP contribution in [0.2, 0.25) is 0 Å². The van der Waals surface area contributed by atoms with Crippen molar-refractivity contribution < 1.29 is 8.81 Å². The van der Waals surface area contributed by atoms with Gasteiger partial charge in [-0.25, -0.2) is 0 Å². The number of hydrogen-bond acceptors (Lipinski definition) is 1. The summed E-state index contributed by atoms with van der Waals surface area (Å²) in [7, 11) is 0. The molecule has 0 unspecified atom stereocenters. The van der Waals surface area contributed by atoms with Gasteiger partial charge < -0.3 is 4.42 Å². The van der Waals surface area contributed by atoms with Crippen LogP contribution in [0.1, 0.15) is 39.2 Å². The van der Waals surface area contributed by atoms with E-state index in [9.17, 15) is 4.39 Å². The van der Waals surface area contributed by atoms with E-state index in [1.807, 2.05) is 0 Å². The second-order valence-electron chi connectivity index (χ2n) is 3.87. The summed E-state index contributed by atoms with van der Waals surface area (Å²) in [4.78, 5) is 0. The highest BCUT2D eigenvalue weighted by molar-refractivity contribution is 9.10. The molecule has 0 bridgehead atoms. The van der Waals surface area contributed by atoms with Crippen LogP contribution < -0.4 is 0 Å². The average molecular weight is 249 g/mol. The number of hydrogen-bond donors (Lipinski definition) is 0. The summed E-state index contributed by atoms with van der Waals surface area (Å²) in [6.07, 6.45) is 2.09. The molecule has 0 aliphatic rings. The number of rotatable bonds is 3. The summed E-state index contributed by atoms with van der Waals surface area (Å²) < 4.78 is 18.1. The second-order valence-corrected chi connectivity index (χ2v) is 4.59. The van der Waals surface area contributed by atoms with Crippen LogP contribution in [0, 0.1) is 6.01 Å². The van der Waals surface area contributed by atoms with Gasteiger partial charge in [-0.2, -0.15) is 4.39 Å². The Balaban J connectivity index is 2.98. The SMILES string of the molecule is CCCC(C)(C)c1cc(F)oc1Br. The van der Waals surface area contributed by atoms with Gasteiger partial charge in [0.1, 0.15) is 0 Å². The Kier molecular flexibility index (Phi) is 3.17. The normalized spacial score (nSPS) is 12.1. The fourth-order valence-corrected chi connectivity index (χ4v) is 2.37. The molecule has 0 spiro atoms. The van der Waals surface area contributed by atoms with E-state index in [0.717, 1.165) is 18.4 Å². The van der Waals surface area contributed by atoms with Gasteiger partial charge in [0.05, 0.1) is 0 Å². The van der Waals surface area contributed by atoms with Gasteiger partial charge in [0.25, 0.3) is 6.01 Å². The monoisotopic (exact) mass is 248 g/mol. The molecule has 0 radical (unpaired) electrons. The van der Waals surface area contributed by atoms with Gasteiger partial charge in [-0.15, -0.1) is 0 Å². The lowest BCUT2D eigenvalue weighted by Crippen LogP contribution is -2.16. The van der Waals surface area contributed by atoms with E-state index >= 15 is 0 Å². The van der Waals surface area contributed by atoms with Crippen molar-refractivity contribution >= 4 is 15.9 Å². The van der Waals surface area contributed by atoms with Crippen molar-refractivity contribution in [3.05, 3.63) is 22.3 Å². The van der Waals surface area contributed by atoms with Crippen LogP contribution in [0.15, 0.2) is 15.2 Å². The van der Waals surface area contributed by atoms with E-state index < -0.39 is 6.01 Å². The first-order valence-corrected chi connectivity index (χ1v) is 5.22. The molecular weight excluding hydrogens is 235 g/mol. The molecule has 0 saturated carbocycles. The van der Waals surface area contributed by atoms with Gasteiger partial charge in [-0.3, -0.25) is 0 Å². The van der Waals surface area contributed by atoms with Crippen molar-refractivity contribution in [1.29, 1.82) is 0 Å². The molecule has 0 amide bonds. The van der Waals surface area contributed by atoms with Gasteiger partial charge in [-0.1, -0.05) is 27.2 Å². The third-order valence-electron chi connectivity index (χ3n) is 2.26. The van der Waals surface area contributed by atoms with Crippen LogP contribution in [-0.2, 0) is 5.41 Å². The molecule has 0 aliphatic carbocycles. The Morgan fingerprint density at radius 1 is 1.54 bits per heavy atom. The largest absolute Gasteiger partial charge is 0.424 e. The minimum absolute atomic E-state index is 0.0264. The summed E-state index contributed by atoms with van der Waals surface area (Å²) in [5, 5.41) is 0. The Bertz CT molecular complexity index is 291. The van der Waals surface area contributed by atoms with Gasteiger partial charge >= 0.3 is 0 Å². The minimum atomic E-state index is -0.522. The van der Waals surface area contributed by atoms with E-state index in [-0.39, 0.29) is 5.41 Å². The fourth-order valence-electron chi connectivity index (χ4n) is 1.56. The smallest absolute Gasteiger partial charge is 0.279 e. The third-order valence-corrected chi connectivity index (χ3v) is 2.85. The number of furan rings is 1. The third kappa shape index (κ3) is 2.33. The molecule has 1 heterocycles. The first kappa shape index (κ1) is 10.8. The van der Waals surface area contributed by atoms with Crippen LogP contribution in [0.5, 0.6) is 0 Å². The lowest BCUT2D eigenvalue weighted by molar-refractivity contribution is 0.344. The lowest BCUT2D eigenvalue weighted by atomic mass is 9.82. The van der Waals surface area contributed by atoms with Gasteiger partial charge in [-0.05, 0) is 27.8 Å². The molecule has 1 aromatic rings. The van der Waals surface area contributed by atoms with Gasteiger partial charge in [0.2, 0.25) is 0 Å². The van der Waals surface area contributed by atoms with Crippen molar-refractivity contribution in [1.82, 2.24) is 0 Å². The zero-order valence-corrected chi connectivity index (χ0v) is 9.74. The maximum absolute atomic E-state index is 12.8. The molecule has 74 valence electrons. The zero-order chi connectivity index (χ0) is 10.1. The van der Waals surface area contributed by atoms with Crippen molar-refractivity contribution in [3.63, 3.8) is 0 Å². The molecule has 1 rings (SSSR count). The molecule has 0 aromatic carbocycles. The van der Waals surface area contributed by atoms with Crippen LogP contribution in [0.4, 0.5) is 4.39 Å². The van der Waals surface area contributed by atoms with Gasteiger partial charge in [0.15, 0.2) is 4.67 Å². The standard InChI is InChI=1S/C10H14BrFO/c1-4-5-10(2,3)7-6-8(12)13-9(7)11/h6H,4-5H2,1-3H3. The molecule has 0 fully saturated rings. The fraction of sp³-hybridized carbons (Fsp3) is 0.600. The van der Waals surface area contributed by atoms with E-state index in [1.54, 1.807) is 0 Å². The summed E-state index contributed by atoms with van der Waals surface area (Å²) in [6, 6.07) is 0.936. The molecule has 1 nitrogen and oxygen atoms in total. The predicted molar refractivity (Wildman–Crippen MR) is 54.3 cm³/mol. The lowest BCUT2D eigenvalue weighted by Gasteiger charge is -2.22. The Labute approximate surface area is 86.4 Å². The Morgan fingerprint density at radius 2 is 2.15 bits per heavy atom. The van der Waals surface area contributed by atoms with E-state index in [1.165, 1.54) is 6.07 Å². The molecule has 0 N–H and O–H groups in total. The average Bonchev–Trinajstić information content (AvgIpc) is 2.30. The molecule has 1 aromatic heterocycles. The number of halogens is 2. The first-order chi connectivity index (χ1) is 5.97. The molecule has 0 aliphatic heterocycles. The highest BCUT2D eigenvalue weighted by Gasteiger charge is 2.25. The van der Waals surface area contributed by atoms with Crippen molar-refractivity contribution in [2.24, 2.45) is 0 Å². The topological polar surface area (TPSA) is 13.1 Å². The van der Waals surface area contributed by atoms with Gasteiger partial charge in [0, 0.05) is 11.6 Å². The van der Waals surface area contributed by atoms with Crippen LogP contribution in [0.25, 0.3) is 0 Å². The van der Waals surface area contributed by atoms with Crippen LogP contribution in [0.3, 0.4) is 0 Å². The van der Waals surface area contributed by atoms with E-state index in [2.05, 4.69) is 36.7 Å². The molecule has 13 heavy (non-hydrogen) atoms. The Morgan fingerprint density at radius 3 is 2.54 bits per heavy atom. The summed E-state index contributed by atoms with van der Waals surface area (Å²) in [5.41, 5.74) is 0.883. The van der Waals surface area contributed by atoms with Crippen molar-refractivity contribution in [2.45, 2.75) is 39.0 Å². The summed E-state index contributed by atoms with van der Waals surface area (Å²) in [5.74, 6) is 0. The van der Waals surface area contributed by atoms with Crippen molar-refractivity contribution in [3.8, 4) is 0 Å². The van der Waals surface area contributed by atoms with Crippen molar-refractivity contribution in [2.75, 3.05) is 0 Å². The highest BCUT2D eigenvalue weighted by Crippen LogP contribution is 2.35. The molecule has 3 heteroatoms. The van der Waals surface area contributed by atoms with Crippen LogP contribution >= 0.6 is 15.9 Å². The van der Waals surface area contributed by atoms with E-state index in [4.69, 9.17) is 4.42 Å². The zero-order valence-electron chi connectivity index (χ0n) is 8.16. The highest BCUT2D eigenvalue weighted by atomic mass is 79.9. The first-order valence-electron chi connectivity index (χ1n) is 4.42. The summed E-state index contributed by atoms with van der Waals surface area (Å²) in [6.45, 7) is 6.29. The molecule has 0 saturated heterocycles. The maximum atomic E-state index is 12.8. The molecular formula is C10H14BrFO. The van der Waals surface area contributed by atoms with E-state index in [0.29, 0.717) is 4.67 Å². The summed E-state index contributed by atoms with van der Waals surface area (Å²) >= 11 is 3.22. The molecule has 0 atom stereocenters. The predicted octanol–water partition coefficient (Wildman–Crippen LogP) is 4.26. The Hall–Kier alpha value is -0.310. The second kappa shape index (κ2) is 3.82.